The maximum absolute atomic E-state index is 13.2. The largest absolute Gasteiger partial charge is 0.497 e. The lowest BCUT2D eigenvalue weighted by Crippen LogP contribution is -2.37. The molecule has 3 aromatic rings. The molecule has 0 aliphatic carbocycles. The molecule has 1 aromatic heterocycles. The molecule has 2 N–H and O–H groups in total. The molecule has 0 spiro atoms. The summed E-state index contributed by atoms with van der Waals surface area (Å²) in [5.74, 6) is 2.01. The van der Waals surface area contributed by atoms with Crippen molar-refractivity contribution in [3.05, 3.63) is 53.8 Å². The minimum Gasteiger partial charge on any atom is -0.497 e. The number of hydrogen-bond donors (Lipinski definition) is 2. The number of anilines is 4. The van der Waals surface area contributed by atoms with E-state index in [2.05, 4.69) is 30.8 Å². The predicted molar refractivity (Wildman–Crippen MR) is 131 cm³/mol. The van der Waals surface area contributed by atoms with E-state index in [0.717, 1.165) is 5.56 Å². The fraction of sp³-hybridized carbons (Fsp3) is 0.273. The number of ether oxygens (including phenoxy) is 3. The molecule has 0 unspecified atom stereocenters. The summed E-state index contributed by atoms with van der Waals surface area (Å²) in [6.07, 6.45) is 1.60. The third-order valence-corrected chi connectivity index (χ3v) is 4.83. The van der Waals surface area contributed by atoms with Crippen molar-refractivity contribution < 1.29 is 18.6 Å². The number of nitrogens with zero attached hydrogens (tertiary/aromatic N) is 5. The fourth-order valence-corrected chi connectivity index (χ4v) is 3.12. The fourth-order valence-electron chi connectivity index (χ4n) is 3.12. The van der Waals surface area contributed by atoms with Crippen molar-refractivity contribution in [1.29, 1.82) is 0 Å². The Labute approximate surface area is 202 Å². The molecule has 1 aliphatic rings. The van der Waals surface area contributed by atoms with Crippen molar-refractivity contribution in [2.75, 3.05) is 56.2 Å². The zero-order valence-corrected chi connectivity index (χ0v) is 19.5. The molecule has 180 valence electrons. The first-order valence-corrected chi connectivity index (χ1v) is 10.3. The normalized spacial score (nSPS) is 13.3. The van der Waals surface area contributed by atoms with Gasteiger partial charge in [0.2, 0.25) is 17.8 Å². The highest BCUT2D eigenvalue weighted by molar-refractivity contribution is 5.85. The summed E-state index contributed by atoms with van der Waals surface area (Å²) in [7, 11) is 3.17. The minimum absolute atomic E-state index is 0. The van der Waals surface area contributed by atoms with Crippen molar-refractivity contribution >= 4 is 42.2 Å². The van der Waals surface area contributed by atoms with E-state index in [9.17, 15) is 4.39 Å². The molecule has 0 amide bonds. The SMILES string of the molecule is COc1ccc(/C=N/Nc2nc(Nc3ccc(F)cc3)nc(N3CCOCC3)n2)c(OC)c1.Cl. The van der Waals surface area contributed by atoms with Crippen LogP contribution in [0.4, 0.5) is 27.9 Å². The van der Waals surface area contributed by atoms with Crippen LogP contribution < -0.4 is 25.1 Å². The van der Waals surface area contributed by atoms with Crippen LogP contribution in [0.3, 0.4) is 0 Å². The number of benzene rings is 2. The van der Waals surface area contributed by atoms with Crippen molar-refractivity contribution in [2.45, 2.75) is 0 Å². The van der Waals surface area contributed by atoms with Gasteiger partial charge in [0.1, 0.15) is 17.3 Å². The van der Waals surface area contributed by atoms with Gasteiger partial charge in [-0.15, -0.1) is 12.4 Å². The Morgan fingerprint density at radius 1 is 1.00 bits per heavy atom. The third kappa shape index (κ3) is 6.42. The summed E-state index contributed by atoms with van der Waals surface area (Å²) in [5.41, 5.74) is 4.24. The zero-order chi connectivity index (χ0) is 23.0. The van der Waals surface area contributed by atoms with E-state index in [0.29, 0.717) is 55.4 Å². The molecule has 0 bridgehead atoms. The summed E-state index contributed by atoms with van der Waals surface area (Å²) < 4.78 is 29.3. The van der Waals surface area contributed by atoms with E-state index in [1.807, 2.05) is 17.0 Å². The van der Waals surface area contributed by atoms with Crippen LogP contribution in [-0.2, 0) is 4.74 Å². The number of hydrazone groups is 1. The van der Waals surface area contributed by atoms with Crippen molar-refractivity contribution in [1.82, 2.24) is 15.0 Å². The van der Waals surface area contributed by atoms with E-state index in [1.165, 1.54) is 12.1 Å². The van der Waals surface area contributed by atoms with Crippen LogP contribution in [0, 0.1) is 5.82 Å². The Bertz CT molecular complexity index is 1110. The van der Waals surface area contributed by atoms with E-state index in [1.54, 1.807) is 38.6 Å². The van der Waals surface area contributed by atoms with Crippen LogP contribution >= 0.6 is 12.4 Å². The molecule has 1 aliphatic heterocycles. The molecule has 2 heterocycles. The first-order chi connectivity index (χ1) is 16.1. The van der Waals surface area contributed by atoms with Crippen LogP contribution in [0.1, 0.15) is 5.56 Å². The van der Waals surface area contributed by atoms with Crippen molar-refractivity contribution in [2.24, 2.45) is 5.10 Å². The second-order valence-corrected chi connectivity index (χ2v) is 6.99. The highest BCUT2D eigenvalue weighted by Gasteiger charge is 2.17. The second kappa shape index (κ2) is 12.0. The van der Waals surface area contributed by atoms with Gasteiger partial charge in [-0.1, -0.05) is 0 Å². The predicted octanol–water partition coefficient (Wildman–Crippen LogP) is 3.48. The molecule has 2 aromatic carbocycles. The van der Waals surface area contributed by atoms with Crippen LogP contribution in [0.5, 0.6) is 11.5 Å². The minimum atomic E-state index is -0.323. The van der Waals surface area contributed by atoms with Crippen LogP contribution in [0.15, 0.2) is 47.6 Å². The summed E-state index contributed by atoms with van der Waals surface area (Å²) in [5, 5.41) is 7.33. The van der Waals surface area contributed by atoms with Gasteiger partial charge >= 0.3 is 0 Å². The number of hydrogen-bond acceptors (Lipinski definition) is 10. The first-order valence-electron chi connectivity index (χ1n) is 10.3. The van der Waals surface area contributed by atoms with Gasteiger partial charge < -0.3 is 24.4 Å². The summed E-state index contributed by atoms with van der Waals surface area (Å²) >= 11 is 0. The molecule has 10 nitrogen and oxygen atoms in total. The van der Waals surface area contributed by atoms with Gasteiger partial charge in [-0.25, -0.2) is 9.82 Å². The summed E-state index contributed by atoms with van der Waals surface area (Å²) in [4.78, 5) is 15.4. The Morgan fingerprint density at radius 3 is 2.44 bits per heavy atom. The topological polar surface area (TPSA) is 106 Å². The quantitative estimate of drug-likeness (QED) is 0.363. The number of aromatic nitrogens is 3. The third-order valence-electron chi connectivity index (χ3n) is 4.83. The van der Waals surface area contributed by atoms with E-state index < -0.39 is 0 Å². The molecule has 4 rings (SSSR count). The maximum atomic E-state index is 13.2. The molecule has 0 atom stereocenters. The smallest absolute Gasteiger partial charge is 0.250 e. The Morgan fingerprint density at radius 2 is 1.74 bits per heavy atom. The number of halogens is 2. The number of nitrogens with one attached hydrogen (secondary N) is 2. The monoisotopic (exact) mass is 489 g/mol. The van der Waals surface area contributed by atoms with Crippen LogP contribution in [-0.4, -0.2) is 61.7 Å². The second-order valence-electron chi connectivity index (χ2n) is 6.99. The Balaban J connectivity index is 0.00000324. The summed E-state index contributed by atoms with van der Waals surface area (Å²) in [6.45, 7) is 2.49. The van der Waals surface area contributed by atoms with Gasteiger partial charge in [0, 0.05) is 30.4 Å². The van der Waals surface area contributed by atoms with Crippen molar-refractivity contribution in [3.8, 4) is 11.5 Å². The highest BCUT2D eigenvalue weighted by Crippen LogP contribution is 2.23. The molecular weight excluding hydrogens is 465 g/mol. The zero-order valence-electron chi connectivity index (χ0n) is 18.7. The number of morpholine rings is 1. The Kier molecular flexibility index (Phi) is 8.77. The van der Waals surface area contributed by atoms with Gasteiger partial charge in [-0.2, -0.15) is 20.1 Å². The van der Waals surface area contributed by atoms with Crippen LogP contribution in [0.2, 0.25) is 0 Å². The summed E-state index contributed by atoms with van der Waals surface area (Å²) in [6, 6.07) is 11.3. The molecule has 12 heteroatoms. The highest BCUT2D eigenvalue weighted by atomic mass is 35.5. The van der Waals surface area contributed by atoms with E-state index in [4.69, 9.17) is 14.2 Å². The lowest BCUT2D eigenvalue weighted by molar-refractivity contribution is 0.122. The Hall–Kier alpha value is -3.70. The lowest BCUT2D eigenvalue weighted by atomic mass is 10.2. The van der Waals surface area contributed by atoms with E-state index in [-0.39, 0.29) is 24.2 Å². The van der Waals surface area contributed by atoms with Crippen molar-refractivity contribution in [3.63, 3.8) is 0 Å². The number of rotatable bonds is 8. The molecular formula is C22H25ClFN7O3. The lowest BCUT2D eigenvalue weighted by Gasteiger charge is -2.27. The van der Waals surface area contributed by atoms with E-state index >= 15 is 0 Å². The van der Waals surface area contributed by atoms with Crippen LogP contribution in [0.25, 0.3) is 0 Å². The maximum Gasteiger partial charge on any atom is 0.250 e. The molecule has 0 saturated carbocycles. The molecule has 1 saturated heterocycles. The molecule has 1 fully saturated rings. The van der Waals surface area contributed by atoms with Gasteiger partial charge in [-0.3, -0.25) is 0 Å². The average molecular weight is 490 g/mol. The van der Waals surface area contributed by atoms with Gasteiger partial charge in [0.05, 0.1) is 33.6 Å². The average Bonchev–Trinajstić information content (AvgIpc) is 2.86. The van der Waals surface area contributed by atoms with Gasteiger partial charge in [0.25, 0.3) is 0 Å². The number of methoxy groups -OCH3 is 2. The standard InChI is InChI=1S/C22H24FN7O3.ClH/c1-31-18-8-3-15(19(13-18)32-2)14-24-29-21-26-20(25-17-6-4-16(23)5-7-17)27-22(28-21)30-9-11-33-12-10-30;/h3-8,13-14H,9-12H2,1-2H3,(H2,25,26,27,28,29);1H/b24-14+;. The first kappa shape index (κ1) is 24.9. The van der Waals surface area contributed by atoms with Gasteiger partial charge in [-0.05, 0) is 36.4 Å². The molecule has 0 radical (unpaired) electrons. The molecule has 34 heavy (non-hydrogen) atoms. The van der Waals surface area contributed by atoms with Gasteiger partial charge in [0.15, 0.2) is 0 Å².